The molecule has 2 N–H and O–H groups in total. The van der Waals surface area contributed by atoms with E-state index in [4.69, 9.17) is 0 Å². The van der Waals surface area contributed by atoms with E-state index in [9.17, 15) is 22.7 Å². The van der Waals surface area contributed by atoms with Crippen molar-refractivity contribution >= 4 is 0 Å². The second kappa shape index (κ2) is 4.44. The molecule has 0 unspecified atom stereocenters. The minimum Gasteiger partial charge on any atom is -0.392 e. The van der Waals surface area contributed by atoms with E-state index in [1.54, 1.807) is 0 Å². The largest absolute Gasteiger partial charge is 0.392 e. The van der Waals surface area contributed by atoms with Gasteiger partial charge in [0.25, 0.3) is 0 Å². The molecule has 0 saturated heterocycles. The fourth-order valence-corrected chi connectivity index (χ4v) is 1.52. The Labute approximate surface area is 79.3 Å². The van der Waals surface area contributed by atoms with Gasteiger partial charge in [-0.3, -0.25) is 0 Å². The third-order valence-corrected chi connectivity index (χ3v) is 2.40. The molecule has 0 aliphatic heterocycles. The van der Waals surface area contributed by atoms with Crippen molar-refractivity contribution in [3.8, 4) is 0 Å². The quantitative estimate of drug-likeness (QED) is 0.694. The summed E-state index contributed by atoms with van der Waals surface area (Å²) in [5, 5.41) is 11.5. The highest BCUT2D eigenvalue weighted by molar-refractivity contribution is 4.85. The van der Waals surface area contributed by atoms with Crippen LogP contribution in [0.5, 0.6) is 0 Å². The van der Waals surface area contributed by atoms with Crippen molar-refractivity contribution < 1.29 is 22.7 Å². The molecule has 0 aromatic carbocycles. The molecule has 14 heavy (non-hydrogen) atoms. The van der Waals surface area contributed by atoms with E-state index < -0.39 is 31.0 Å². The summed E-state index contributed by atoms with van der Waals surface area (Å²) >= 11 is 0. The molecule has 1 aliphatic carbocycles. The number of nitrogens with one attached hydrogen (secondary N) is 1. The van der Waals surface area contributed by atoms with Crippen LogP contribution in [0.4, 0.5) is 17.6 Å². The lowest BCUT2D eigenvalue weighted by atomic mass is 10.2. The van der Waals surface area contributed by atoms with Crippen LogP contribution in [0.15, 0.2) is 0 Å². The molecular weight excluding hydrogens is 202 g/mol. The van der Waals surface area contributed by atoms with E-state index in [2.05, 4.69) is 5.32 Å². The van der Waals surface area contributed by atoms with Crippen molar-refractivity contribution in [2.45, 2.75) is 43.8 Å². The second-order valence-corrected chi connectivity index (χ2v) is 3.55. The molecule has 84 valence electrons. The van der Waals surface area contributed by atoms with E-state index >= 15 is 0 Å². The number of rotatable bonds is 4. The van der Waals surface area contributed by atoms with Crippen molar-refractivity contribution in [1.82, 2.24) is 5.32 Å². The van der Waals surface area contributed by atoms with Crippen LogP contribution in [0.3, 0.4) is 0 Å². The topological polar surface area (TPSA) is 32.3 Å². The summed E-state index contributed by atoms with van der Waals surface area (Å²) in [7, 11) is 0. The summed E-state index contributed by atoms with van der Waals surface area (Å²) in [4.78, 5) is 0. The molecule has 1 aliphatic rings. The van der Waals surface area contributed by atoms with Crippen LogP contribution in [0.25, 0.3) is 0 Å². The average Bonchev–Trinajstić information content (AvgIpc) is 2.47. The van der Waals surface area contributed by atoms with Gasteiger partial charge in [-0.1, -0.05) is 0 Å². The van der Waals surface area contributed by atoms with Gasteiger partial charge in [0.2, 0.25) is 0 Å². The predicted molar refractivity (Wildman–Crippen MR) is 42.6 cm³/mol. The van der Waals surface area contributed by atoms with Crippen molar-refractivity contribution in [3.63, 3.8) is 0 Å². The molecule has 0 spiro atoms. The first kappa shape index (κ1) is 11.7. The van der Waals surface area contributed by atoms with Gasteiger partial charge in [0.1, 0.15) is 0 Å². The lowest BCUT2D eigenvalue weighted by Gasteiger charge is -2.21. The molecule has 2 nitrogen and oxygen atoms in total. The summed E-state index contributed by atoms with van der Waals surface area (Å²) in [6.07, 6.45) is -2.52. The van der Waals surface area contributed by atoms with Gasteiger partial charge in [-0.15, -0.1) is 0 Å². The lowest BCUT2D eigenvalue weighted by molar-refractivity contribution is -0.127. The van der Waals surface area contributed by atoms with Gasteiger partial charge in [0, 0.05) is 6.04 Å². The Morgan fingerprint density at radius 1 is 1.36 bits per heavy atom. The maximum atomic E-state index is 12.4. The average molecular weight is 215 g/mol. The fourth-order valence-electron chi connectivity index (χ4n) is 1.52. The summed E-state index contributed by atoms with van der Waals surface area (Å²) in [5.41, 5.74) is 0. The van der Waals surface area contributed by atoms with Crippen molar-refractivity contribution in [2.24, 2.45) is 0 Å². The highest BCUT2D eigenvalue weighted by Crippen LogP contribution is 2.24. The Balaban J connectivity index is 2.32. The van der Waals surface area contributed by atoms with Gasteiger partial charge in [-0.05, 0) is 19.3 Å². The van der Waals surface area contributed by atoms with E-state index in [-0.39, 0.29) is 0 Å². The number of aliphatic hydroxyl groups is 1. The molecular formula is C8H13F4NO. The van der Waals surface area contributed by atoms with Crippen LogP contribution >= 0.6 is 0 Å². The summed E-state index contributed by atoms with van der Waals surface area (Å²) in [6, 6.07) is -0.473. The Morgan fingerprint density at radius 3 is 2.43 bits per heavy atom. The molecule has 2 atom stereocenters. The van der Waals surface area contributed by atoms with Crippen LogP contribution in [-0.4, -0.2) is 36.1 Å². The number of aliphatic hydroxyl groups excluding tert-OH is 1. The van der Waals surface area contributed by atoms with E-state index in [0.29, 0.717) is 12.8 Å². The molecule has 1 rings (SSSR count). The van der Waals surface area contributed by atoms with Crippen LogP contribution in [0, 0.1) is 0 Å². The van der Waals surface area contributed by atoms with Gasteiger partial charge < -0.3 is 10.4 Å². The first-order valence-electron chi connectivity index (χ1n) is 4.51. The number of alkyl halides is 4. The second-order valence-electron chi connectivity index (χ2n) is 3.55. The first-order valence-corrected chi connectivity index (χ1v) is 4.51. The molecule has 0 bridgehead atoms. The van der Waals surface area contributed by atoms with Gasteiger partial charge in [-0.2, -0.15) is 8.78 Å². The van der Waals surface area contributed by atoms with Crippen LogP contribution in [0.2, 0.25) is 0 Å². The maximum Gasteiger partial charge on any atom is 0.319 e. The zero-order valence-electron chi connectivity index (χ0n) is 7.52. The number of halogens is 4. The minimum absolute atomic E-state index is 0.473. The molecule has 0 aromatic rings. The molecule has 0 heterocycles. The normalized spacial score (nSPS) is 28.7. The number of hydrogen-bond donors (Lipinski definition) is 2. The number of hydrogen-bond acceptors (Lipinski definition) is 2. The van der Waals surface area contributed by atoms with Gasteiger partial charge in [0.15, 0.2) is 0 Å². The molecule has 1 fully saturated rings. The Bertz CT molecular complexity index is 188. The Hall–Kier alpha value is -0.360. The van der Waals surface area contributed by atoms with Crippen LogP contribution in [0.1, 0.15) is 19.3 Å². The molecule has 1 saturated carbocycles. The van der Waals surface area contributed by atoms with Gasteiger partial charge in [0.05, 0.1) is 12.6 Å². The zero-order valence-corrected chi connectivity index (χ0v) is 7.52. The van der Waals surface area contributed by atoms with Gasteiger partial charge >= 0.3 is 12.3 Å². The third kappa shape index (κ3) is 2.81. The van der Waals surface area contributed by atoms with Crippen LogP contribution in [-0.2, 0) is 0 Å². The SMILES string of the molecule is O[C@H]1CCC[C@@H]1NCC(F)(F)C(F)F. The lowest BCUT2D eigenvalue weighted by Crippen LogP contribution is -2.45. The first-order chi connectivity index (χ1) is 6.43. The predicted octanol–water partition coefficient (Wildman–Crippen LogP) is 1.39. The van der Waals surface area contributed by atoms with E-state index in [1.165, 1.54) is 0 Å². The van der Waals surface area contributed by atoms with E-state index in [0.717, 1.165) is 6.42 Å². The summed E-state index contributed by atoms with van der Waals surface area (Å²) in [5.74, 6) is -4.01. The molecule has 0 amide bonds. The van der Waals surface area contributed by atoms with E-state index in [1.807, 2.05) is 0 Å². The fraction of sp³-hybridized carbons (Fsp3) is 1.00. The van der Waals surface area contributed by atoms with Crippen molar-refractivity contribution in [1.29, 1.82) is 0 Å². The smallest absolute Gasteiger partial charge is 0.319 e. The van der Waals surface area contributed by atoms with Crippen molar-refractivity contribution in [3.05, 3.63) is 0 Å². The van der Waals surface area contributed by atoms with Gasteiger partial charge in [-0.25, -0.2) is 8.78 Å². The Morgan fingerprint density at radius 2 is 2.00 bits per heavy atom. The highest BCUT2D eigenvalue weighted by Gasteiger charge is 2.41. The maximum absolute atomic E-state index is 12.4. The molecule has 0 radical (unpaired) electrons. The summed E-state index contributed by atoms with van der Waals surface area (Å²) in [6.45, 7) is -1.08. The van der Waals surface area contributed by atoms with Crippen LogP contribution < -0.4 is 5.32 Å². The third-order valence-electron chi connectivity index (χ3n) is 2.40. The zero-order chi connectivity index (χ0) is 10.8. The molecule has 0 aromatic heterocycles. The standard InChI is InChI=1S/C8H13F4NO/c9-7(10)8(11,12)4-13-5-2-1-3-6(5)14/h5-7,13-14H,1-4H2/t5-,6-/m0/s1. The summed E-state index contributed by atoms with van der Waals surface area (Å²) < 4.78 is 48.3. The Kier molecular flexibility index (Phi) is 3.71. The monoisotopic (exact) mass is 215 g/mol. The van der Waals surface area contributed by atoms with Crippen molar-refractivity contribution in [2.75, 3.05) is 6.54 Å². The molecule has 6 heteroatoms. The minimum atomic E-state index is -4.01. The highest BCUT2D eigenvalue weighted by atomic mass is 19.3.